The average Bonchev–Trinajstić information content (AvgIpc) is 3.72. The second kappa shape index (κ2) is 13.6. The molecule has 8 aromatic carbocycles. The Kier molecular flexibility index (Phi) is 7.87. The van der Waals surface area contributed by atoms with Crippen LogP contribution in [0.15, 0.2) is 182 Å². The van der Waals surface area contributed by atoms with Crippen molar-refractivity contribution < 1.29 is 0 Å². The van der Waals surface area contributed by atoms with Crippen molar-refractivity contribution in [1.82, 2.24) is 19.9 Å². The summed E-state index contributed by atoms with van der Waals surface area (Å²) in [5, 5.41) is 8.92. The Morgan fingerprint density at radius 1 is 0.450 bits per heavy atom. The molecule has 3 heterocycles. The molecule has 0 fully saturated rings. The van der Waals surface area contributed by atoms with E-state index in [1.165, 1.54) is 52.8 Å². The highest BCUT2D eigenvalue weighted by Gasteiger charge is 2.34. The summed E-state index contributed by atoms with van der Waals surface area (Å²) >= 11 is 1.87. The van der Waals surface area contributed by atoms with Crippen molar-refractivity contribution >= 4 is 70.0 Å². The smallest absolute Gasteiger partial charge is 0.164 e. The summed E-state index contributed by atoms with van der Waals surface area (Å²) in [7, 11) is 0. The maximum Gasteiger partial charge on any atom is 0.164 e. The Morgan fingerprint density at radius 3 is 1.72 bits per heavy atom. The quantitative estimate of drug-likeness (QED) is 0.163. The van der Waals surface area contributed by atoms with Gasteiger partial charge in [-0.25, -0.2) is 15.0 Å². The van der Waals surface area contributed by atoms with E-state index in [1.807, 2.05) is 72.0 Å². The highest BCUT2D eigenvalue weighted by Crippen LogP contribution is 2.48. The summed E-state index contributed by atoms with van der Waals surface area (Å²) in [6, 6.07) is 62.1. The maximum absolute atomic E-state index is 5.64. The van der Waals surface area contributed by atoms with Gasteiger partial charge in [0.05, 0.1) is 11.2 Å². The Labute approximate surface area is 351 Å². The van der Waals surface area contributed by atoms with Crippen LogP contribution in [0.5, 0.6) is 0 Å². The third-order valence-electron chi connectivity index (χ3n) is 12.2. The van der Waals surface area contributed by atoms with E-state index in [0.717, 1.165) is 50.8 Å². The lowest BCUT2D eigenvalue weighted by Crippen LogP contribution is -2.27. The zero-order chi connectivity index (χ0) is 39.8. The number of hydrogen-bond donors (Lipinski definition) is 0. The molecule has 11 aromatic rings. The number of nitrogens with zero attached hydrogens (tertiary/aromatic N) is 4. The van der Waals surface area contributed by atoms with Gasteiger partial charge in [0.25, 0.3) is 0 Å². The standard InChI is InChI=1S/C55H36N4S/c1-55(30-29-43-41-23-9-8-21-39(41)40-22-10-11-24-42(40)46(43)33-55)51-49-44-25-12-13-26-48(44)60-50(49)45-32-37(27-28-47(45)56-51)36-19-14-20-38(31-36)54-58-52(34-15-4-2-5-16-34)57-53(59-54)35-17-6-3-7-18-35/h2-32H,33H2,1H3. The predicted molar refractivity (Wildman–Crippen MR) is 251 cm³/mol. The normalized spacial score (nSPS) is 15.0. The molecule has 4 nitrogen and oxygen atoms in total. The van der Waals surface area contributed by atoms with E-state index in [0.29, 0.717) is 17.5 Å². The molecule has 0 saturated heterocycles. The third-order valence-corrected chi connectivity index (χ3v) is 13.5. The van der Waals surface area contributed by atoms with Crippen LogP contribution in [0.2, 0.25) is 0 Å². The summed E-state index contributed by atoms with van der Waals surface area (Å²) in [4.78, 5) is 20.6. The molecule has 12 rings (SSSR count). The van der Waals surface area contributed by atoms with Gasteiger partial charge in [-0.1, -0.05) is 171 Å². The molecule has 0 radical (unpaired) electrons. The van der Waals surface area contributed by atoms with E-state index in [9.17, 15) is 0 Å². The Bertz CT molecular complexity index is 3480. The monoisotopic (exact) mass is 784 g/mol. The number of thiophene rings is 1. The molecule has 1 aliphatic rings. The lowest BCUT2D eigenvalue weighted by molar-refractivity contribution is 0.579. The van der Waals surface area contributed by atoms with E-state index in [1.54, 1.807) is 0 Å². The SMILES string of the molecule is CC1(c2nc3ccc(-c4cccc(-c5nc(-c6ccccc6)nc(-c6ccccc6)n5)c4)cc3c3sc4ccccc4c23)C=Cc2c(c3ccccc3c3ccccc23)C1. The lowest BCUT2D eigenvalue weighted by atomic mass is 9.72. The predicted octanol–water partition coefficient (Wildman–Crippen LogP) is 14.3. The number of fused-ring (bicyclic) bond motifs is 11. The van der Waals surface area contributed by atoms with Crippen LogP contribution in [-0.2, 0) is 11.8 Å². The van der Waals surface area contributed by atoms with E-state index >= 15 is 0 Å². The first kappa shape index (κ1) is 34.7. The van der Waals surface area contributed by atoms with E-state index < -0.39 is 0 Å². The van der Waals surface area contributed by atoms with E-state index in [2.05, 4.69) is 134 Å². The van der Waals surface area contributed by atoms with Gasteiger partial charge in [0.1, 0.15) is 0 Å². The fourth-order valence-electron chi connectivity index (χ4n) is 9.31. The van der Waals surface area contributed by atoms with Crippen molar-refractivity contribution in [3.05, 3.63) is 199 Å². The largest absolute Gasteiger partial charge is 0.251 e. The van der Waals surface area contributed by atoms with Gasteiger partial charge in [-0.05, 0) is 74.5 Å². The number of aromatic nitrogens is 4. The van der Waals surface area contributed by atoms with Gasteiger partial charge >= 0.3 is 0 Å². The average molecular weight is 785 g/mol. The molecule has 0 bridgehead atoms. The van der Waals surface area contributed by atoms with Crippen LogP contribution in [0, 0.1) is 0 Å². The molecule has 0 saturated carbocycles. The van der Waals surface area contributed by atoms with Gasteiger partial charge in [-0.15, -0.1) is 11.3 Å². The van der Waals surface area contributed by atoms with Crippen LogP contribution >= 0.6 is 11.3 Å². The minimum atomic E-state index is -0.330. The first-order chi connectivity index (χ1) is 29.6. The zero-order valence-electron chi connectivity index (χ0n) is 32.8. The van der Waals surface area contributed by atoms with Gasteiger partial charge in [0, 0.05) is 47.7 Å². The van der Waals surface area contributed by atoms with Crippen LogP contribution in [0.3, 0.4) is 0 Å². The minimum absolute atomic E-state index is 0.330. The first-order valence-electron chi connectivity index (χ1n) is 20.4. The highest BCUT2D eigenvalue weighted by molar-refractivity contribution is 7.26. The van der Waals surface area contributed by atoms with Crippen molar-refractivity contribution in [3.8, 4) is 45.3 Å². The molecule has 0 aliphatic heterocycles. The first-order valence-corrected chi connectivity index (χ1v) is 21.2. The van der Waals surface area contributed by atoms with E-state index in [-0.39, 0.29) is 5.41 Å². The molecule has 282 valence electrons. The van der Waals surface area contributed by atoms with Crippen molar-refractivity contribution in [1.29, 1.82) is 0 Å². The molecule has 1 aliphatic carbocycles. The number of hydrogen-bond acceptors (Lipinski definition) is 5. The van der Waals surface area contributed by atoms with E-state index in [4.69, 9.17) is 19.9 Å². The molecule has 1 unspecified atom stereocenters. The molecule has 0 amide bonds. The zero-order valence-corrected chi connectivity index (χ0v) is 33.6. The summed E-state index contributed by atoms with van der Waals surface area (Å²) < 4.78 is 2.55. The number of allylic oxidation sites excluding steroid dienone is 1. The van der Waals surface area contributed by atoms with Gasteiger partial charge in [0.2, 0.25) is 0 Å². The van der Waals surface area contributed by atoms with Gasteiger partial charge in [0.15, 0.2) is 17.5 Å². The number of rotatable bonds is 5. The van der Waals surface area contributed by atoms with Crippen LogP contribution in [0.1, 0.15) is 23.7 Å². The summed E-state index contributed by atoms with van der Waals surface area (Å²) in [5.74, 6) is 1.94. The molecule has 0 spiro atoms. The third kappa shape index (κ3) is 5.58. The van der Waals surface area contributed by atoms with Crippen molar-refractivity contribution in [3.63, 3.8) is 0 Å². The summed E-state index contributed by atoms with van der Waals surface area (Å²) in [6.45, 7) is 2.38. The molecule has 0 N–H and O–H groups in total. The van der Waals surface area contributed by atoms with Crippen molar-refractivity contribution in [2.45, 2.75) is 18.8 Å². The fourth-order valence-corrected chi connectivity index (χ4v) is 10.5. The molecule has 3 aromatic heterocycles. The summed E-state index contributed by atoms with van der Waals surface area (Å²) in [5.41, 5.74) is 9.57. The Balaban J connectivity index is 1.01. The highest BCUT2D eigenvalue weighted by atomic mass is 32.1. The minimum Gasteiger partial charge on any atom is -0.251 e. The van der Waals surface area contributed by atoms with Crippen LogP contribution < -0.4 is 0 Å². The fraction of sp³-hybridized carbons (Fsp3) is 0.0545. The molecule has 5 heteroatoms. The van der Waals surface area contributed by atoms with Gasteiger partial charge in [-0.2, -0.15) is 0 Å². The van der Waals surface area contributed by atoms with Gasteiger partial charge in [-0.3, -0.25) is 4.98 Å². The van der Waals surface area contributed by atoms with Crippen LogP contribution in [-0.4, -0.2) is 19.9 Å². The molecular weight excluding hydrogens is 749 g/mol. The summed E-state index contributed by atoms with van der Waals surface area (Å²) in [6.07, 6.45) is 5.65. The van der Waals surface area contributed by atoms with Crippen LogP contribution in [0.4, 0.5) is 0 Å². The lowest BCUT2D eigenvalue weighted by Gasteiger charge is -2.32. The second-order valence-electron chi connectivity index (χ2n) is 16.0. The van der Waals surface area contributed by atoms with Crippen LogP contribution in [0.25, 0.3) is 104 Å². The van der Waals surface area contributed by atoms with Gasteiger partial charge < -0.3 is 0 Å². The van der Waals surface area contributed by atoms with Crippen molar-refractivity contribution in [2.75, 3.05) is 0 Å². The second-order valence-corrected chi connectivity index (χ2v) is 17.1. The van der Waals surface area contributed by atoms with Crippen molar-refractivity contribution in [2.24, 2.45) is 0 Å². The Hall–Kier alpha value is -7.34. The number of pyridine rings is 1. The number of benzene rings is 8. The topological polar surface area (TPSA) is 51.6 Å². The molecule has 1 atom stereocenters. The maximum atomic E-state index is 5.64. The molecular formula is C55H36N4S. The molecule has 60 heavy (non-hydrogen) atoms. The Morgan fingerprint density at radius 2 is 1.00 bits per heavy atom.